The third kappa shape index (κ3) is 9.67. The number of aromatic nitrogens is 3. The first kappa shape index (κ1) is 46.7. The van der Waals surface area contributed by atoms with Crippen LogP contribution in [0.15, 0.2) is 168 Å². The molecule has 3 heterocycles. The van der Waals surface area contributed by atoms with Crippen molar-refractivity contribution in [2.24, 2.45) is 5.92 Å². The minimum Gasteiger partial charge on any atom is -0.500 e. The third-order valence-electron chi connectivity index (χ3n) is 12.2. The van der Waals surface area contributed by atoms with Crippen molar-refractivity contribution in [2.75, 3.05) is 0 Å². The molecule has 10 rings (SSSR count). The zero-order valence-corrected chi connectivity index (χ0v) is 43.9. The van der Waals surface area contributed by atoms with E-state index in [9.17, 15) is 0 Å². The number of para-hydroxylation sites is 3. The standard InChI is InChI=1S/C36H29N2O.C24H28GeN.Ir/c1-23-20-26(21-28-27-14-8-11-17-33(27)39-34(23)28)35-37-30-15-9-10-16-32(30)38(35)31-19-18-25(22-29(31)36(2,3)4)24-12-6-5-7-13-24;1-18(2)14-22-16-24(26-17-23(22)25(3,4)5)21-13-9-12-20(15-21)19-10-7-6-8-11-19;/h5-19,21-22H,1-4H3;6-12,15-18H,14H2,1-5H3;/q2*-1;. The van der Waals surface area contributed by atoms with Crippen LogP contribution in [0.3, 0.4) is 0 Å². The first-order valence-electron chi connectivity index (χ1n) is 22.8. The normalized spacial score (nSPS) is 11.8. The molecule has 66 heavy (non-hydrogen) atoms. The second-order valence-corrected chi connectivity index (χ2v) is 30.3. The number of nitrogens with zero attached hydrogens (tertiary/aromatic N) is 3. The second kappa shape index (κ2) is 19.2. The Labute approximate surface area is 406 Å². The molecule has 0 spiro atoms. The van der Waals surface area contributed by atoms with Crippen molar-refractivity contribution in [2.45, 2.75) is 70.6 Å². The van der Waals surface area contributed by atoms with Crippen LogP contribution in [0, 0.1) is 25.0 Å². The Morgan fingerprint density at radius 2 is 1.33 bits per heavy atom. The second-order valence-electron chi connectivity index (χ2n) is 19.7. The first-order valence-corrected chi connectivity index (χ1v) is 30.2. The van der Waals surface area contributed by atoms with Gasteiger partial charge in [-0.3, -0.25) is 4.98 Å². The Morgan fingerprint density at radius 3 is 2.02 bits per heavy atom. The van der Waals surface area contributed by atoms with E-state index in [2.05, 4.69) is 215 Å². The molecule has 0 bridgehead atoms. The Morgan fingerprint density at radius 1 is 0.682 bits per heavy atom. The fourth-order valence-corrected chi connectivity index (χ4v) is 12.3. The van der Waals surface area contributed by atoms with E-state index in [-0.39, 0.29) is 25.5 Å². The van der Waals surface area contributed by atoms with Gasteiger partial charge in [0.05, 0.1) is 22.4 Å². The third-order valence-corrected chi connectivity index (χ3v) is 16.5. The van der Waals surface area contributed by atoms with Gasteiger partial charge in [-0.1, -0.05) is 105 Å². The maximum absolute atomic E-state index is 6.21. The average molecular weight is 1100 g/mol. The van der Waals surface area contributed by atoms with E-state index in [4.69, 9.17) is 14.4 Å². The average Bonchev–Trinajstić information content (AvgIpc) is 3.88. The van der Waals surface area contributed by atoms with Crippen molar-refractivity contribution in [1.29, 1.82) is 0 Å². The van der Waals surface area contributed by atoms with Gasteiger partial charge in [-0.25, -0.2) is 0 Å². The number of fused-ring (bicyclic) bond motifs is 4. The summed E-state index contributed by atoms with van der Waals surface area (Å²) in [6.45, 7) is 13.5. The van der Waals surface area contributed by atoms with Gasteiger partial charge in [0.2, 0.25) is 0 Å². The smallest absolute Gasteiger partial charge is 0.120 e. The monoisotopic (exact) mass is 1100 g/mol. The molecule has 1 radical (unpaired) electrons. The summed E-state index contributed by atoms with van der Waals surface area (Å²) in [5.74, 6) is 8.87. The minimum absolute atomic E-state index is 0. The molecule has 0 aliphatic heterocycles. The fourth-order valence-electron chi connectivity index (χ4n) is 8.99. The van der Waals surface area contributed by atoms with E-state index in [1.807, 2.05) is 24.3 Å². The maximum atomic E-state index is 6.21. The van der Waals surface area contributed by atoms with Crippen molar-refractivity contribution in [3.05, 3.63) is 193 Å². The molecule has 10 aromatic rings. The number of benzene rings is 7. The molecule has 4 nitrogen and oxygen atoms in total. The van der Waals surface area contributed by atoms with Crippen LogP contribution in [-0.4, -0.2) is 27.8 Å². The molecule has 0 saturated heterocycles. The quantitative estimate of drug-likeness (QED) is 0.112. The molecule has 0 atom stereocenters. The summed E-state index contributed by atoms with van der Waals surface area (Å²) >= 11 is -1.93. The molecule has 0 N–H and O–H groups in total. The molecular formula is C60H57GeIrN3O-2. The molecule has 0 unspecified atom stereocenters. The van der Waals surface area contributed by atoms with Gasteiger partial charge in [-0.15, -0.1) is 17.7 Å². The summed E-state index contributed by atoms with van der Waals surface area (Å²) in [4.78, 5) is 10.0. The SMILES string of the molecule is CC(C)Cc1cc(-c2[c-]ccc(-c3ccccc3)c2)nc[c]1[Ge]([CH3])([CH3])[CH3].Cc1[c-]c(-c2nc3ccccc3n2-c2ccc(-c3ccccc3)cc2C(C)(C)C)cc2c1oc1ccccc12.[Ir]. The van der Waals surface area contributed by atoms with Crippen LogP contribution in [0.4, 0.5) is 0 Å². The summed E-state index contributed by atoms with van der Waals surface area (Å²) in [5.41, 5.74) is 16.5. The zero-order chi connectivity index (χ0) is 45.5. The van der Waals surface area contributed by atoms with Crippen molar-refractivity contribution < 1.29 is 24.5 Å². The summed E-state index contributed by atoms with van der Waals surface area (Å²) < 4.78 is 10.0. The molecule has 0 amide bonds. The van der Waals surface area contributed by atoms with Crippen LogP contribution in [0.25, 0.3) is 83.6 Å². The molecule has 0 saturated carbocycles. The molecule has 3 aromatic heterocycles. The molecule has 0 aliphatic carbocycles. The number of pyridine rings is 1. The predicted octanol–water partition coefficient (Wildman–Crippen LogP) is 15.6. The summed E-state index contributed by atoms with van der Waals surface area (Å²) in [6, 6.07) is 62.3. The number of furan rings is 1. The number of aryl methyl sites for hydroxylation is 1. The van der Waals surface area contributed by atoms with E-state index in [1.165, 1.54) is 37.8 Å². The Bertz CT molecular complexity index is 3300. The zero-order valence-electron chi connectivity index (χ0n) is 39.5. The van der Waals surface area contributed by atoms with Gasteiger partial charge in [0.1, 0.15) is 5.58 Å². The van der Waals surface area contributed by atoms with Gasteiger partial charge >= 0.3 is 161 Å². The molecular weight excluding hydrogens is 1040 g/mol. The van der Waals surface area contributed by atoms with E-state index in [0.29, 0.717) is 5.92 Å². The van der Waals surface area contributed by atoms with E-state index in [0.717, 1.165) is 73.3 Å². The van der Waals surface area contributed by atoms with Crippen molar-refractivity contribution in [3.63, 3.8) is 0 Å². The Hall–Kier alpha value is -5.85. The number of imidazole rings is 1. The van der Waals surface area contributed by atoms with E-state index >= 15 is 0 Å². The van der Waals surface area contributed by atoms with Gasteiger partial charge in [-0.05, 0) is 52.4 Å². The van der Waals surface area contributed by atoms with Crippen LogP contribution in [-0.2, 0) is 31.9 Å². The minimum atomic E-state index is -1.93. The Kier molecular flexibility index (Phi) is 13.6. The van der Waals surface area contributed by atoms with Gasteiger partial charge < -0.3 is 8.98 Å². The molecule has 7 aromatic carbocycles. The van der Waals surface area contributed by atoms with Crippen LogP contribution in [0.1, 0.15) is 51.3 Å². The predicted molar refractivity (Wildman–Crippen MR) is 277 cm³/mol. The summed E-state index contributed by atoms with van der Waals surface area (Å²) in [7, 11) is 0. The van der Waals surface area contributed by atoms with Crippen LogP contribution in [0.5, 0.6) is 0 Å². The van der Waals surface area contributed by atoms with Crippen LogP contribution in [0.2, 0.25) is 17.3 Å². The van der Waals surface area contributed by atoms with Gasteiger partial charge in [0, 0.05) is 31.2 Å². The van der Waals surface area contributed by atoms with Crippen molar-refractivity contribution in [1.82, 2.24) is 14.5 Å². The molecule has 6 heteroatoms. The summed E-state index contributed by atoms with van der Waals surface area (Å²) in [6.07, 6.45) is 3.27. The molecule has 0 fully saturated rings. The van der Waals surface area contributed by atoms with Gasteiger partial charge in [0.15, 0.2) is 0 Å². The number of hydrogen-bond acceptors (Lipinski definition) is 3. The van der Waals surface area contributed by atoms with Crippen LogP contribution >= 0.6 is 0 Å². The Balaban J connectivity index is 0.000000192. The van der Waals surface area contributed by atoms with Crippen molar-refractivity contribution >= 4 is 50.6 Å². The topological polar surface area (TPSA) is 43.9 Å². The number of rotatable bonds is 8. The van der Waals surface area contributed by atoms with Crippen LogP contribution < -0.4 is 4.40 Å². The molecule has 0 aliphatic rings. The molecule has 333 valence electrons. The largest absolute Gasteiger partial charge is 0.500 e. The van der Waals surface area contributed by atoms with Gasteiger partial charge in [-0.2, -0.15) is 0 Å². The maximum Gasteiger partial charge on any atom is 0.120 e. The van der Waals surface area contributed by atoms with E-state index in [1.54, 1.807) is 0 Å². The van der Waals surface area contributed by atoms with Crippen molar-refractivity contribution in [3.8, 4) is 50.6 Å². The first-order chi connectivity index (χ1) is 31.2. The van der Waals surface area contributed by atoms with Gasteiger partial charge in [0.25, 0.3) is 0 Å². The number of hydrogen-bond donors (Lipinski definition) is 0. The van der Waals surface area contributed by atoms with E-state index < -0.39 is 13.3 Å². The fraction of sp³-hybridized carbons (Fsp3) is 0.200. The summed E-state index contributed by atoms with van der Waals surface area (Å²) in [5, 5.41) is 2.20.